The number of nitrogens with one attached hydrogen (secondary N) is 1. The van der Waals surface area contributed by atoms with Crippen LogP contribution in [0.1, 0.15) is 32.1 Å². The molecule has 0 aromatic carbocycles. The van der Waals surface area contributed by atoms with Crippen LogP contribution in [-0.2, 0) is 4.74 Å². The second kappa shape index (κ2) is 2.94. The van der Waals surface area contributed by atoms with Crippen LogP contribution >= 0.6 is 0 Å². The third-order valence-corrected chi connectivity index (χ3v) is 4.13. The van der Waals surface area contributed by atoms with Gasteiger partial charge in [-0.1, -0.05) is 0 Å². The molecule has 3 nitrogen and oxygen atoms in total. The van der Waals surface area contributed by atoms with Gasteiger partial charge in [0, 0.05) is 26.1 Å². The van der Waals surface area contributed by atoms with Gasteiger partial charge in [0.05, 0.1) is 5.60 Å². The minimum atomic E-state index is 0.00736. The normalized spacial score (nSPS) is 41.8. The van der Waals surface area contributed by atoms with Crippen LogP contribution in [0, 0.1) is 0 Å². The van der Waals surface area contributed by atoms with Crippen molar-refractivity contribution in [2.24, 2.45) is 0 Å². The fraction of sp³-hybridized carbons (Fsp3) is 1.00. The van der Waals surface area contributed by atoms with Gasteiger partial charge >= 0.3 is 0 Å². The van der Waals surface area contributed by atoms with E-state index in [-0.39, 0.29) is 11.3 Å². The van der Waals surface area contributed by atoms with Gasteiger partial charge in [0.15, 0.2) is 0 Å². The van der Waals surface area contributed by atoms with E-state index in [0.29, 0.717) is 0 Å². The van der Waals surface area contributed by atoms with Gasteiger partial charge in [-0.2, -0.15) is 0 Å². The van der Waals surface area contributed by atoms with Crippen LogP contribution in [0.15, 0.2) is 0 Å². The molecule has 14 heavy (non-hydrogen) atoms. The van der Waals surface area contributed by atoms with Crippen molar-refractivity contribution in [3.63, 3.8) is 0 Å². The first-order chi connectivity index (χ1) is 6.72. The summed E-state index contributed by atoms with van der Waals surface area (Å²) in [6.07, 6.45) is 6.33. The van der Waals surface area contributed by atoms with Crippen molar-refractivity contribution in [2.45, 2.75) is 43.4 Å². The first-order valence-corrected chi connectivity index (χ1v) is 5.86. The van der Waals surface area contributed by atoms with E-state index in [1.807, 2.05) is 0 Å². The van der Waals surface area contributed by atoms with Gasteiger partial charge < -0.3 is 9.64 Å². The van der Waals surface area contributed by atoms with Crippen molar-refractivity contribution in [3.8, 4) is 0 Å². The maximum Gasteiger partial charge on any atom is 0.133 e. The minimum Gasteiger partial charge on any atom is -0.353 e. The van der Waals surface area contributed by atoms with Crippen molar-refractivity contribution in [1.82, 2.24) is 10.2 Å². The SMILES string of the molecule is CN1CCC2(C1)NCCC1(CCC1)O2. The molecule has 1 atom stereocenters. The maximum atomic E-state index is 6.38. The molecule has 0 aromatic heterocycles. The Bertz CT molecular complexity index is 235. The quantitative estimate of drug-likeness (QED) is 0.624. The Hall–Kier alpha value is -0.120. The summed E-state index contributed by atoms with van der Waals surface area (Å²) in [4.78, 5) is 2.37. The summed E-state index contributed by atoms with van der Waals surface area (Å²) < 4.78 is 6.38. The molecule has 1 N–H and O–H groups in total. The highest BCUT2D eigenvalue weighted by Gasteiger charge is 2.50. The van der Waals surface area contributed by atoms with E-state index in [0.717, 1.165) is 19.5 Å². The number of likely N-dealkylation sites (N-methyl/N-ethyl adjacent to an activating group) is 1. The largest absolute Gasteiger partial charge is 0.353 e. The van der Waals surface area contributed by atoms with Gasteiger partial charge in [-0.3, -0.25) is 5.32 Å². The Morgan fingerprint density at radius 1 is 1.21 bits per heavy atom. The zero-order valence-electron chi connectivity index (χ0n) is 9.01. The molecular formula is C11H20N2O. The van der Waals surface area contributed by atoms with Crippen LogP contribution in [0.4, 0.5) is 0 Å². The average molecular weight is 196 g/mol. The number of hydrogen-bond donors (Lipinski definition) is 1. The topological polar surface area (TPSA) is 24.5 Å². The molecule has 2 spiro atoms. The molecule has 2 saturated heterocycles. The van der Waals surface area contributed by atoms with E-state index in [4.69, 9.17) is 4.74 Å². The monoisotopic (exact) mass is 196 g/mol. The summed E-state index contributed by atoms with van der Waals surface area (Å²) in [5, 5.41) is 3.58. The van der Waals surface area contributed by atoms with Crippen molar-refractivity contribution in [2.75, 3.05) is 26.7 Å². The third-order valence-electron chi connectivity index (χ3n) is 4.13. The lowest BCUT2D eigenvalue weighted by Gasteiger charge is -2.52. The van der Waals surface area contributed by atoms with Gasteiger partial charge in [0.2, 0.25) is 0 Å². The maximum absolute atomic E-state index is 6.38. The van der Waals surface area contributed by atoms with E-state index in [2.05, 4.69) is 17.3 Å². The summed E-state index contributed by atoms with van der Waals surface area (Å²) in [6.45, 7) is 3.38. The lowest BCUT2D eigenvalue weighted by molar-refractivity contribution is -0.224. The van der Waals surface area contributed by atoms with Crippen LogP contribution in [0.2, 0.25) is 0 Å². The van der Waals surface area contributed by atoms with Crippen LogP contribution < -0.4 is 5.32 Å². The molecule has 1 aliphatic carbocycles. The number of ether oxygens (including phenoxy) is 1. The van der Waals surface area contributed by atoms with E-state index in [1.165, 1.54) is 32.2 Å². The Morgan fingerprint density at radius 3 is 2.64 bits per heavy atom. The molecule has 0 aromatic rings. The summed E-state index contributed by atoms with van der Waals surface area (Å²) in [5.74, 6) is 0. The molecule has 2 heterocycles. The second-order valence-electron chi connectivity index (χ2n) is 5.30. The molecule has 3 aliphatic rings. The summed E-state index contributed by atoms with van der Waals surface area (Å²) in [7, 11) is 2.18. The van der Waals surface area contributed by atoms with Gasteiger partial charge in [0.25, 0.3) is 0 Å². The molecule has 3 fully saturated rings. The van der Waals surface area contributed by atoms with E-state index < -0.39 is 0 Å². The highest BCUT2D eigenvalue weighted by Crippen LogP contribution is 2.44. The molecule has 1 saturated carbocycles. The van der Waals surface area contributed by atoms with Crippen LogP contribution in [0.3, 0.4) is 0 Å². The lowest BCUT2D eigenvalue weighted by atomic mass is 9.76. The van der Waals surface area contributed by atoms with Crippen LogP contribution in [0.5, 0.6) is 0 Å². The Labute approximate surface area is 85.8 Å². The highest BCUT2D eigenvalue weighted by atomic mass is 16.5. The van der Waals surface area contributed by atoms with Crippen molar-refractivity contribution >= 4 is 0 Å². The lowest BCUT2D eigenvalue weighted by Crippen LogP contribution is -2.62. The number of hydrogen-bond acceptors (Lipinski definition) is 3. The Balaban J connectivity index is 1.74. The predicted octanol–water partition coefficient (Wildman–Crippen LogP) is 0.951. The summed E-state index contributed by atoms with van der Waals surface area (Å²) in [5.41, 5.74) is 0.282. The number of likely N-dealkylation sites (tertiary alicyclic amines) is 1. The molecule has 0 amide bonds. The fourth-order valence-electron chi connectivity index (χ4n) is 3.14. The van der Waals surface area contributed by atoms with Crippen molar-refractivity contribution in [1.29, 1.82) is 0 Å². The predicted molar refractivity (Wildman–Crippen MR) is 55.1 cm³/mol. The fourth-order valence-corrected chi connectivity index (χ4v) is 3.14. The van der Waals surface area contributed by atoms with Gasteiger partial charge in [-0.05, 0) is 32.7 Å². The Kier molecular flexibility index (Phi) is 1.92. The van der Waals surface area contributed by atoms with Gasteiger partial charge in [-0.25, -0.2) is 0 Å². The standard InChI is InChI=1S/C11H20N2O/c1-13-8-6-11(9-13)12-7-5-10(14-11)3-2-4-10/h12H,2-9H2,1H3. The first-order valence-electron chi connectivity index (χ1n) is 5.86. The van der Waals surface area contributed by atoms with Gasteiger partial charge in [0.1, 0.15) is 5.72 Å². The first kappa shape index (κ1) is 9.13. The molecular weight excluding hydrogens is 176 g/mol. The van der Waals surface area contributed by atoms with Crippen LogP contribution in [-0.4, -0.2) is 42.9 Å². The molecule has 0 bridgehead atoms. The third kappa shape index (κ3) is 1.30. The zero-order valence-corrected chi connectivity index (χ0v) is 9.01. The molecule has 3 rings (SSSR count). The smallest absolute Gasteiger partial charge is 0.133 e. The van der Waals surface area contributed by atoms with Crippen LogP contribution in [0.25, 0.3) is 0 Å². The minimum absolute atomic E-state index is 0.00736. The molecule has 80 valence electrons. The average Bonchev–Trinajstić information content (AvgIpc) is 2.45. The van der Waals surface area contributed by atoms with E-state index in [9.17, 15) is 0 Å². The molecule has 3 heteroatoms. The summed E-state index contributed by atoms with van der Waals surface area (Å²) >= 11 is 0. The molecule has 1 unspecified atom stereocenters. The van der Waals surface area contributed by atoms with Crippen molar-refractivity contribution < 1.29 is 4.74 Å². The summed E-state index contributed by atoms with van der Waals surface area (Å²) in [6, 6.07) is 0. The molecule has 2 aliphatic heterocycles. The second-order valence-corrected chi connectivity index (χ2v) is 5.30. The Morgan fingerprint density at radius 2 is 2.07 bits per heavy atom. The molecule has 0 radical (unpaired) electrons. The van der Waals surface area contributed by atoms with Gasteiger partial charge in [-0.15, -0.1) is 0 Å². The highest BCUT2D eigenvalue weighted by molar-refractivity contribution is 5.01. The number of nitrogens with zero attached hydrogens (tertiary/aromatic N) is 1. The van der Waals surface area contributed by atoms with E-state index in [1.54, 1.807) is 0 Å². The number of rotatable bonds is 0. The van der Waals surface area contributed by atoms with Crippen molar-refractivity contribution in [3.05, 3.63) is 0 Å². The van der Waals surface area contributed by atoms with E-state index >= 15 is 0 Å². The zero-order chi connectivity index (χ0) is 9.65.